The average molecular weight is 350 g/mol. The molecule has 0 spiro atoms. The van der Waals surface area contributed by atoms with Crippen LogP contribution in [0.2, 0.25) is 0 Å². The fourth-order valence-corrected chi connectivity index (χ4v) is 2.59. The SMILES string of the molecule is N=C(NN)c1cc(=O)c2cccc(NC(=O)CCc3ccccc3)c2o1. The summed E-state index contributed by atoms with van der Waals surface area (Å²) in [6.45, 7) is 0. The highest BCUT2D eigenvalue weighted by molar-refractivity contribution is 6.01. The third kappa shape index (κ3) is 3.79. The van der Waals surface area contributed by atoms with E-state index in [1.807, 2.05) is 30.3 Å². The number of hydrazine groups is 1. The van der Waals surface area contributed by atoms with Gasteiger partial charge in [0.05, 0.1) is 11.1 Å². The number of carbonyl (C=O) groups excluding carboxylic acids is 1. The van der Waals surface area contributed by atoms with Gasteiger partial charge < -0.3 is 15.2 Å². The van der Waals surface area contributed by atoms with Crippen LogP contribution in [-0.2, 0) is 11.2 Å². The molecule has 3 aromatic rings. The Morgan fingerprint density at radius 1 is 1.12 bits per heavy atom. The molecule has 5 N–H and O–H groups in total. The van der Waals surface area contributed by atoms with Crippen LogP contribution in [0.3, 0.4) is 0 Å². The number of amidine groups is 1. The van der Waals surface area contributed by atoms with Crippen LogP contribution in [0.4, 0.5) is 5.69 Å². The number of fused-ring (bicyclic) bond motifs is 1. The van der Waals surface area contributed by atoms with E-state index in [9.17, 15) is 9.59 Å². The van der Waals surface area contributed by atoms with Crippen molar-refractivity contribution in [2.24, 2.45) is 5.84 Å². The number of nitrogens with one attached hydrogen (secondary N) is 3. The van der Waals surface area contributed by atoms with Crippen LogP contribution in [-0.4, -0.2) is 11.7 Å². The normalized spacial score (nSPS) is 10.5. The van der Waals surface area contributed by atoms with E-state index in [0.717, 1.165) is 5.56 Å². The van der Waals surface area contributed by atoms with E-state index in [1.54, 1.807) is 18.2 Å². The molecule has 0 radical (unpaired) electrons. The number of hydrogen-bond acceptors (Lipinski definition) is 5. The molecule has 132 valence electrons. The molecule has 0 atom stereocenters. The maximum absolute atomic E-state index is 12.3. The third-order valence-electron chi connectivity index (χ3n) is 3.90. The molecule has 3 rings (SSSR count). The zero-order valence-corrected chi connectivity index (χ0v) is 13.9. The van der Waals surface area contributed by atoms with Crippen molar-refractivity contribution in [3.63, 3.8) is 0 Å². The van der Waals surface area contributed by atoms with Crippen LogP contribution in [0.1, 0.15) is 17.7 Å². The number of carbonyl (C=O) groups is 1. The van der Waals surface area contributed by atoms with Crippen molar-refractivity contribution in [3.05, 3.63) is 76.1 Å². The highest BCUT2D eigenvalue weighted by atomic mass is 16.3. The summed E-state index contributed by atoms with van der Waals surface area (Å²) in [6, 6.07) is 15.8. The lowest BCUT2D eigenvalue weighted by molar-refractivity contribution is -0.116. The lowest BCUT2D eigenvalue weighted by Crippen LogP contribution is -2.30. The summed E-state index contributed by atoms with van der Waals surface area (Å²) in [5.74, 6) is 4.78. The number of hydrogen-bond donors (Lipinski definition) is 4. The maximum atomic E-state index is 12.3. The fourth-order valence-electron chi connectivity index (χ4n) is 2.59. The number of rotatable bonds is 5. The van der Waals surface area contributed by atoms with Crippen LogP contribution in [0.5, 0.6) is 0 Å². The summed E-state index contributed by atoms with van der Waals surface area (Å²) in [5.41, 5.74) is 3.47. The molecular weight excluding hydrogens is 332 g/mol. The standard InChI is InChI=1S/C19H18N4O3/c20-19(23-21)16-11-15(24)13-7-4-8-14(18(13)26-16)22-17(25)10-9-12-5-2-1-3-6-12/h1-8,11H,9-10,21H2,(H2,20,23)(H,22,25). The van der Waals surface area contributed by atoms with Gasteiger partial charge in [-0.2, -0.15) is 0 Å². The Labute approximate surface area is 149 Å². The van der Waals surface area contributed by atoms with E-state index in [2.05, 4.69) is 10.7 Å². The summed E-state index contributed by atoms with van der Waals surface area (Å²) in [4.78, 5) is 24.5. The highest BCUT2D eigenvalue weighted by Crippen LogP contribution is 2.22. The van der Waals surface area contributed by atoms with Crippen molar-refractivity contribution in [3.8, 4) is 0 Å². The van der Waals surface area contributed by atoms with Crippen LogP contribution in [0.15, 0.2) is 63.8 Å². The van der Waals surface area contributed by atoms with E-state index >= 15 is 0 Å². The van der Waals surface area contributed by atoms with Gasteiger partial charge in [-0.05, 0) is 24.1 Å². The average Bonchev–Trinajstić information content (AvgIpc) is 2.67. The van der Waals surface area contributed by atoms with Crippen LogP contribution in [0, 0.1) is 5.41 Å². The van der Waals surface area contributed by atoms with E-state index in [4.69, 9.17) is 15.7 Å². The Balaban J connectivity index is 1.85. The summed E-state index contributed by atoms with van der Waals surface area (Å²) >= 11 is 0. The Bertz CT molecular complexity index is 1010. The van der Waals surface area contributed by atoms with Gasteiger partial charge >= 0.3 is 0 Å². The molecule has 2 aromatic carbocycles. The first-order valence-corrected chi connectivity index (χ1v) is 8.04. The second-order valence-electron chi connectivity index (χ2n) is 5.71. The second-order valence-corrected chi connectivity index (χ2v) is 5.71. The van der Waals surface area contributed by atoms with E-state index in [0.29, 0.717) is 23.9 Å². The van der Waals surface area contributed by atoms with Gasteiger partial charge in [0.1, 0.15) is 0 Å². The largest absolute Gasteiger partial charge is 0.450 e. The molecule has 1 aromatic heterocycles. The van der Waals surface area contributed by atoms with Crippen molar-refractivity contribution >= 4 is 28.4 Å². The van der Waals surface area contributed by atoms with Crippen LogP contribution in [0.25, 0.3) is 11.0 Å². The molecule has 7 nitrogen and oxygen atoms in total. The van der Waals surface area contributed by atoms with Gasteiger partial charge in [0.2, 0.25) is 5.91 Å². The van der Waals surface area contributed by atoms with Gasteiger partial charge in [0, 0.05) is 12.5 Å². The van der Waals surface area contributed by atoms with Gasteiger partial charge in [-0.15, -0.1) is 0 Å². The van der Waals surface area contributed by atoms with E-state index in [1.165, 1.54) is 6.07 Å². The molecule has 0 fully saturated rings. The molecule has 7 heteroatoms. The van der Waals surface area contributed by atoms with Crippen molar-refractivity contribution in [2.45, 2.75) is 12.8 Å². The fraction of sp³-hybridized carbons (Fsp3) is 0.105. The van der Waals surface area contributed by atoms with Crippen molar-refractivity contribution in [2.75, 3.05) is 5.32 Å². The number of nitrogens with two attached hydrogens (primary N) is 1. The lowest BCUT2D eigenvalue weighted by Gasteiger charge is -2.09. The number of benzene rings is 2. The first-order chi connectivity index (χ1) is 12.6. The zero-order chi connectivity index (χ0) is 18.5. The Hall–Kier alpha value is -3.45. The highest BCUT2D eigenvalue weighted by Gasteiger charge is 2.13. The molecule has 0 bridgehead atoms. The van der Waals surface area contributed by atoms with Crippen molar-refractivity contribution in [1.29, 1.82) is 5.41 Å². The minimum absolute atomic E-state index is 0.00372. The molecular formula is C19H18N4O3. The third-order valence-corrected chi connectivity index (χ3v) is 3.90. The number of amides is 1. The van der Waals surface area contributed by atoms with E-state index < -0.39 is 0 Å². The summed E-state index contributed by atoms with van der Waals surface area (Å²) < 4.78 is 5.61. The topological polar surface area (TPSA) is 121 Å². The Morgan fingerprint density at radius 3 is 2.62 bits per heavy atom. The van der Waals surface area contributed by atoms with Crippen LogP contribution < -0.4 is 22.0 Å². The minimum Gasteiger partial charge on any atom is -0.450 e. The maximum Gasteiger partial charge on any atom is 0.224 e. The monoisotopic (exact) mass is 350 g/mol. The molecule has 0 aliphatic carbocycles. The number of anilines is 1. The first kappa shape index (κ1) is 17.4. The predicted molar refractivity (Wildman–Crippen MR) is 100 cm³/mol. The quantitative estimate of drug-likeness (QED) is 0.243. The molecule has 0 unspecified atom stereocenters. The molecule has 26 heavy (non-hydrogen) atoms. The molecule has 0 aliphatic heterocycles. The minimum atomic E-state index is -0.318. The smallest absolute Gasteiger partial charge is 0.224 e. The Kier molecular flexibility index (Phi) is 5.09. The van der Waals surface area contributed by atoms with Gasteiger partial charge in [-0.3, -0.25) is 15.0 Å². The summed E-state index contributed by atoms with van der Waals surface area (Å²) in [5, 5.41) is 10.8. The van der Waals surface area contributed by atoms with Gasteiger partial charge in [0.25, 0.3) is 0 Å². The van der Waals surface area contributed by atoms with Crippen molar-refractivity contribution in [1.82, 2.24) is 5.43 Å². The van der Waals surface area contributed by atoms with Gasteiger partial charge in [0.15, 0.2) is 22.6 Å². The zero-order valence-electron chi connectivity index (χ0n) is 13.9. The molecule has 1 heterocycles. The van der Waals surface area contributed by atoms with Crippen molar-refractivity contribution < 1.29 is 9.21 Å². The summed E-state index contributed by atoms with van der Waals surface area (Å²) in [6.07, 6.45) is 0.902. The molecule has 0 aliphatic rings. The van der Waals surface area contributed by atoms with E-state index in [-0.39, 0.29) is 28.5 Å². The number of aryl methyl sites for hydroxylation is 1. The molecule has 1 amide bonds. The predicted octanol–water partition coefficient (Wildman–Crippen LogP) is 2.15. The van der Waals surface area contributed by atoms with Gasteiger partial charge in [-0.1, -0.05) is 36.4 Å². The van der Waals surface area contributed by atoms with Gasteiger partial charge in [-0.25, -0.2) is 5.84 Å². The Morgan fingerprint density at radius 2 is 1.88 bits per heavy atom. The summed E-state index contributed by atoms with van der Waals surface area (Å²) in [7, 11) is 0. The first-order valence-electron chi connectivity index (χ1n) is 8.04. The van der Waals surface area contributed by atoms with Crippen LogP contribution >= 0.6 is 0 Å². The number of para-hydroxylation sites is 1. The lowest BCUT2D eigenvalue weighted by atomic mass is 10.1. The second kappa shape index (κ2) is 7.62. The molecule has 0 saturated carbocycles. The molecule has 0 saturated heterocycles.